The molecule has 0 radical (unpaired) electrons. The molecule has 1 heterocycles. The summed E-state index contributed by atoms with van der Waals surface area (Å²) in [5.74, 6) is -0.0792. The number of halogens is 2. The molecule has 0 aromatic carbocycles. The Morgan fingerprint density at radius 2 is 2.22 bits per heavy atom. The zero-order valence-electron chi connectivity index (χ0n) is 11.1. The lowest BCUT2D eigenvalue weighted by atomic mass is 10.0. The highest BCUT2D eigenvalue weighted by molar-refractivity contribution is 5.77. The third-order valence-corrected chi connectivity index (χ3v) is 2.90. The Morgan fingerprint density at radius 3 is 2.83 bits per heavy atom. The lowest BCUT2D eigenvalue weighted by molar-refractivity contribution is -0.154. The van der Waals surface area contributed by atoms with Crippen LogP contribution in [-0.2, 0) is 14.3 Å². The van der Waals surface area contributed by atoms with Crippen LogP contribution in [0.4, 0.5) is 8.78 Å². The van der Waals surface area contributed by atoms with Crippen molar-refractivity contribution in [2.24, 2.45) is 0 Å². The second kappa shape index (κ2) is 6.43. The van der Waals surface area contributed by atoms with Crippen LogP contribution in [0.2, 0.25) is 0 Å². The quantitative estimate of drug-likeness (QED) is 0.710. The van der Waals surface area contributed by atoms with Crippen molar-refractivity contribution in [2.75, 3.05) is 26.4 Å². The van der Waals surface area contributed by atoms with Gasteiger partial charge in [0.05, 0.1) is 31.3 Å². The smallest absolute Gasteiger partial charge is 0.261 e. The summed E-state index contributed by atoms with van der Waals surface area (Å²) in [6.45, 7) is 6.19. The number of amides is 1. The van der Waals surface area contributed by atoms with E-state index in [-0.39, 0.29) is 30.6 Å². The zero-order chi connectivity index (χ0) is 13.8. The molecule has 0 bridgehead atoms. The molecule has 106 valence electrons. The third kappa shape index (κ3) is 4.49. The number of hydrogen-bond donors (Lipinski definition) is 0. The van der Waals surface area contributed by atoms with Crippen molar-refractivity contribution in [3.63, 3.8) is 0 Å². The van der Waals surface area contributed by atoms with E-state index in [1.165, 1.54) is 0 Å². The van der Waals surface area contributed by atoms with E-state index in [9.17, 15) is 13.6 Å². The molecule has 1 aliphatic rings. The first-order chi connectivity index (χ1) is 8.33. The monoisotopic (exact) mass is 265 g/mol. The Bertz CT molecular complexity index is 284. The van der Waals surface area contributed by atoms with E-state index >= 15 is 0 Å². The van der Waals surface area contributed by atoms with E-state index in [4.69, 9.17) is 9.47 Å². The lowest BCUT2D eigenvalue weighted by Crippen LogP contribution is -2.57. The molecule has 0 saturated carbocycles. The molecule has 0 spiro atoms. The van der Waals surface area contributed by atoms with Crippen molar-refractivity contribution in [3.8, 4) is 0 Å². The molecule has 1 aliphatic heterocycles. The summed E-state index contributed by atoms with van der Waals surface area (Å²) in [6.07, 6.45) is -2.35. The van der Waals surface area contributed by atoms with Gasteiger partial charge in [-0.3, -0.25) is 4.79 Å². The van der Waals surface area contributed by atoms with E-state index in [2.05, 4.69) is 0 Å². The maximum Gasteiger partial charge on any atom is 0.261 e. The molecule has 1 rings (SSSR count). The van der Waals surface area contributed by atoms with E-state index in [0.717, 1.165) is 0 Å². The molecule has 0 aliphatic carbocycles. The predicted molar refractivity (Wildman–Crippen MR) is 62.6 cm³/mol. The van der Waals surface area contributed by atoms with Crippen molar-refractivity contribution in [3.05, 3.63) is 0 Å². The molecule has 4 nitrogen and oxygen atoms in total. The molecule has 0 aromatic rings. The summed E-state index contributed by atoms with van der Waals surface area (Å²) in [5.41, 5.74) is -0.355. The maximum atomic E-state index is 12.0. The van der Waals surface area contributed by atoms with Gasteiger partial charge >= 0.3 is 0 Å². The Morgan fingerprint density at radius 1 is 1.56 bits per heavy atom. The number of rotatable bonds is 5. The Balaban J connectivity index is 2.39. The van der Waals surface area contributed by atoms with Crippen LogP contribution >= 0.6 is 0 Å². The van der Waals surface area contributed by atoms with Crippen LogP contribution in [0.5, 0.6) is 0 Å². The van der Waals surface area contributed by atoms with Crippen molar-refractivity contribution >= 4 is 5.91 Å². The van der Waals surface area contributed by atoms with Gasteiger partial charge in [-0.25, -0.2) is 8.78 Å². The highest BCUT2D eigenvalue weighted by atomic mass is 19.3. The third-order valence-electron chi connectivity index (χ3n) is 2.90. The zero-order valence-corrected chi connectivity index (χ0v) is 11.1. The minimum Gasteiger partial charge on any atom is -0.375 e. The van der Waals surface area contributed by atoms with E-state index in [0.29, 0.717) is 13.2 Å². The molecule has 0 aromatic heterocycles. The SMILES string of the molecule is C[C@@H]1CN(C(=O)CCOCC(F)F)C(C)(C)CO1. The number of nitrogens with zero attached hydrogens (tertiary/aromatic N) is 1. The van der Waals surface area contributed by atoms with E-state index in [1.807, 2.05) is 20.8 Å². The Kier molecular flexibility index (Phi) is 5.47. The summed E-state index contributed by atoms with van der Waals surface area (Å²) in [7, 11) is 0. The molecule has 6 heteroatoms. The van der Waals surface area contributed by atoms with Gasteiger partial charge in [-0.1, -0.05) is 0 Å². The first-order valence-electron chi connectivity index (χ1n) is 6.11. The summed E-state index contributed by atoms with van der Waals surface area (Å²) >= 11 is 0. The van der Waals surface area contributed by atoms with Gasteiger partial charge in [0.1, 0.15) is 6.61 Å². The highest BCUT2D eigenvalue weighted by Gasteiger charge is 2.36. The topological polar surface area (TPSA) is 38.8 Å². The molecular formula is C12H21F2NO3. The molecule has 1 atom stereocenters. The van der Waals surface area contributed by atoms with Crippen LogP contribution in [0.3, 0.4) is 0 Å². The molecule has 0 unspecified atom stereocenters. The van der Waals surface area contributed by atoms with Crippen molar-refractivity contribution in [1.82, 2.24) is 4.90 Å². The molecule has 1 saturated heterocycles. The van der Waals surface area contributed by atoms with Crippen LogP contribution in [0, 0.1) is 0 Å². The van der Waals surface area contributed by atoms with Crippen LogP contribution in [0.1, 0.15) is 27.2 Å². The largest absolute Gasteiger partial charge is 0.375 e. The van der Waals surface area contributed by atoms with Crippen LogP contribution in [0.25, 0.3) is 0 Å². The van der Waals surface area contributed by atoms with Gasteiger partial charge < -0.3 is 14.4 Å². The summed E-state index contributed by atoms with van der Waals surface area (Å²) in [5, 5.41) is 0. The first kappa shape index (κ1) is 15.3. The fourth-order valence-electron chi connectivity index (χ4n) is 1.89. The number of hydrogen-bond acceptors (Lipinski definition) is 3. The Labute approximate surface area is 106 Å². The summed E-state index contributed by atoms with van der Waals surface area (Å²) < 4.78 is 33.9. The standard InChI is InChI=1S/C12H21F2NO3/c1-9-6-15(12(2,3)8-18-9)11(16)4-5-17-7-10(13)14/h9-10H,4-8H2,1-3H3/t9-/m1/s1. The number of alkyl halides is 2. The first-order valence-corrected chi connectivity index (χ1v) is 6.11. The number of morpholine rings is 1. The van der Waals surface area contributed by atoms with Crippen molar-refractivity contribution < 1.29 is 23.0 Å². The minimum absolute atomic E-state index is 0.00366. The van der Waals surface area contributed by atoms with Gasteiger partial charge in [-0.15, -0.1) is 0 Å². The van der Waals surface area contributed by atoms with Crippen LogP contribution in [-0.4, -0.2) is 55.2 Å². The Hall–Kier alpha value is -0.750. The number of carbonyl (C=O) groups is 1. The van der Waals surface area contributed by atoms with Gasteiger partial charge in [0.2, 0.25) is 5.91 Å². The molecular weight excluding hydrogens is 244 g/mol. The lowest BCUT2D eigenvalue weighted by Gasteiger charge is -2.44. The van der Waals surface area contributed by atoms with Gasteiger partial charge in [0, 0.05) is 6.54 Å². The average Bonchev–Trinajstić information content (AvgIpc) is 2.27. The summed E-state index contributed by atoms with van der Waals surface area (Å²) in [6, 6.07) is 0. The predicted octanol–water partition coefficient (Wildman–Crippen LogP) is 1.68. The second-order valence-electron chi connectivity index (χ2n) is 5.15. The van der Waals surface area contributed by atoms with E-state index < -0.39 is 13.0 Å². The second-order valence-corrected chi connectivity index (χ2v) is 5.15. The van der Waals surface area contributed by atoms with Gasteiger partial charge in [0.25, 0.3) is 6.43 Å². The number of ether oxygens (including phenoxy) is 2. The van der Waals surface area contributed by atoms with Crippen molar-refractivity contribution in [1.29, 1.82) is 0 Å². The summed E-state index contributed by atoms with van der Waals surface area (Å²) in [4.78, 5) is 13.7. The normalized spacial score (nSPS) is 23.4. The fraction of sp³-hybridized carbons (Fsp3) is 0.917. The number of carbonyl (C=O) groups excluding carboxylic acids is 1. The van der Waals surface area contributed by atoms with Crippen molar-refractivity contribution in [2.45, 2.75) is 45.3 Å². The van der Waals surface area contributed by atoms with E-state index in [1.54, 1.807) is 4.90 Å². The van der Waals surface area contributed by atoms with Gasteiger partial charge in [-0.2, -0.15) is 0 Å². The van der Waals surface area contributed by atoms with Crippen LogP contribution < -0.4 is 0 Å². The van der Waals surface area contributed by atoms with Gasteiger partial charge in [-0.05, 0) is 20.8 Å². The highest BCUT2D eigenvalue weighted by Crippen LogP contribution is 2.22. The fourth-order valence-corrected chi connectivity index (χ4v) is 1.89. The molecule has 1 amide bonds. The minimum atomic E-state index is -2.49. The van der Waals surface area contributed by atoms with Crippen LogP contribution in [0.15, 0.2) is 0 Å². The molecule has 1 fully saturated rings. The molecule has 18 heavy (non-hydrogen) atoms. The van der Waals surface area contributed by atoms with Gasteiger partial charge in [0.15, 0.2) is 0 Å². The average molecular weight is 265 g/mol. The molecule has 0 N–H and O–H groups in total. The maximum absolute atomic E-state index is 12.0.